The molecule has 1 saturated heterocycles. The van der Waals surface area contributed by atoms with Crippen molar-refractivity contribution in [2.75, 3.05) is 14.2 Å². The summed E-state index contributed by atoms with van der Waals surface area (Å²) >= 11 is 0. The molecule has 0 amide bonds. The normalized spacial score (nSPS) is 30.8. The first-order chi connectivity index (χ1) is 15.0. The fourth-order valence-corrected chi connectivity index (χ4v) is 4.67. The molecule has 0 unspecified atom stereocenters. The second-order valence-electron chi connectivity index (χ2n) is 7.87. The zero-order valence-corrected chi connectivity index (χ0v) is 17.7. The van der Waals surface area contributed by atoms with Crippen LogP contribution in [-0.4, -0.2) is 42.7 Å². The Labute approximate surface area is 182 Å². The van der Waals surface area contributed by atoms with Crippen LogP contribution >= 0.6 is 0 Å². The maximum absolute atomic E-state index is 12.2. The monoisotopic (exact) mass is 420 g/mol. The highest BCUT2D eigenvalue weighted by atomic mass is 16.7. The van der Waals surface area contributed by atoms with Crippen molar-refractivity contribution >= 4 is 0 Å². The molecule has 31 heavy (non-hydrogen) atoms. The molecule has 0 aliphatic carbocycles. The predicted molar refractivity (Wildman–Crippen MR) is 117 cm³/mol. The lowest BCUT2D eigenvalue weighted by atomic mass is 9.72. The second kappa shape index (κ2) is 8.91. The number of rotatable bonds is 6. The van der Waals surface area contributed by atoms with Crippen molar-refractivity contribution in [2.45, 2.75) is 36.1 Å². The standard InChI is InChI=1S/C26H28O5/c1-29-23-22(18-19-12-6-3-7-13-19)31-26(28,21-16-10-5-11-17-21)24(30-2)25(23,27)20-14-8-4-9-15-20/h3-17,22-24,27-28H,18H2,1-2H3/t22-,23-,24-,25-,26+/m1/s1. The minimum Gasteiger partial charge on any atom is -0.379 e. The summed E-state index contributed by atoms with van der Waals surface area (Å²) in [6.07, 6.45) is -2.12. The van der Waals surface area contributed by atoms with Crippen LogP contribution in [0.25, 0.3) is 0 Å². The molecule has 1 aliphatic rings. The topological polar surface area (TPSA) is 68.2 Å². The first-order valence-corrected chi connectivity index (χ1v) is 10.4. The Bertz CT molecular complexity index is 965. The third kappa shape index (κ3) is 3.80. The van der Waals surface area contributed by atoms with Gasteiger partial charge in [-0.3, -0.25) is 0 Å². The van der Waals surface area contributed by atoms with Crippen LogP contribution < -0.4 is 0 Å². The zero-order valence-electron chi connectivity index (χ0n) is 17.7. The van der Waals surface area contributed by atoms with E-state index in [2.05, 4.69) is 0 Å². The van der Waals surface area contributed by atoms with E-state index in [1.54, 1.807) is 19.2 Å². The summed E-state index contributed by atoms with van der Waals surface area (Å²) in [7, 11) is 3.00. The molecule has 3 aromatic rings. The van der Waals surface area contributed by atoms with E-state index in [4.69, 9.17) is 14.2 Å². The molecule has 1 fully saturated rings. The van der Waals surface area contributed by atoms with E-state index in [-0.39, 0.29) is 0 Å². The van der Waals surface area contributed by atoms with Gasteiger partial charge in [-0.15, -0.1) is 0 Å². The van der Waals surface area contributed by atoms with Crippen LogP contribution in [0.5, 0.6) is 0 Å². The molecule has 5 heteroatoms. The van der Waals surface area contributed by atoms with Gasteiger partial charge in [-0.2, -0.15) is 0 Å². The molecule has 0 aromatic heterocycles. The number of aliphatic hydroxyl groups is 2. The van der Waals surface area contributed by atoms with Crippen molar-refractivity contribution < 1.29 is 24.4 Å². The Kier molecular flexibility index (Phi) is 6.23. The van der Waals surface area contributed by atoms with E-state index < -0.39 is 29.7 Å². The van der Waals surface area contributed by atoms with Gasteiger partial charge in [0, 0.05) is 26.2 Å². The van der Waals surface area contributed by atoms with Crippen LogP contribution in [0.4, 0.5) is 0 Å². The molecule has 3 aromatic carbocycles. The number of methoxy groups -OCH3 is 2. The van der Waals surface area contributed by atoms with E-state index in [1.165, 1.54) is 7.11 Å². The molecule has 1 aliphatic heterocycles. The van der Waals surface area contributed by atoms with Crippen LogP contribution in [-0.2, 0) is 32.0 Å². The summed E-state index contributed by atoms with van der Waals surface area (Å²) in [5.74, 6) is -1.89. The maximum atomic E-state index is 12.2. The van der Waals surface area contributed by atoms with E-state index >= 15 is 0 Å². The van der Waals surface area contributed by atoms with Crippen molar-refractivity contribution in [3.63, 3.8) is 0 Å². The lowest BCUT2D eigenvalue weighted by Crippen LogP contribution is -2.69. The van der Waals surface area contributed by atoms with Gasteiger partial charge in [0.05, 0.1) is 6.10 Å². The fourth-order valence-electron chi connectivity index (χ4n) is 4.67. The minimum absolute atomic E-state index is 0.445. The molecule has 0 radical (unpaired) electrons. The Morgan fingerprint density at radius 1 is 0.742 bits per heavy atom. The number of benzene rings is 3. The average Bonchev–Trinajstić information content (AvgIpc) is 2.81. The maximum Gasteiger partial charge on any atom is 0.223 e. The largest absolute Gasteiger partial charge is 0.379 e. The van der Waals surface area contributed by atoms with Crippen molar-refractivity contribution in [3.05, 3.63) is 108 Å². The highest BCUT2D eigenvalue weighted by Gasteiger charge is 2.64. The van der Waals surface area contributed by atoms with Crippen LogP contribution in [0.1, 0.15) is 16.7 Å². The average molecular weight is 421 g/mol. The van der Waals surface area contributed by atoms with E-state index in [1.807, 2.05) is 78.9 Å². The summed E-state index contributed by atoms with van der Waals surface area (Å²) in [5.41, 5.74) is 0.428. The summed E-state index contributed by atoms with van der Waals surface area (Å²) in [5, 5.41) is 24.1. The SMILES string of the molecule is CO[C@@H]1[C@@H](Cc2ccccc2)O[C@@](O)(c2ccccc2)[C@H](OC)[C@@]1(O)c1ccccc1. The molecular weight excluding hydrogens is 392 g/mol. The fraction of sp³-hybridized carbons (Fsp3) is 0.308. The molecule has 4 rings (SSSR count). The van der Waals surface area contributed by atoms with E-state index in [0.29, 0.717) is 17.5 Å². The summed E-state index contributed by atoms with van der Waals surface area (Å²) in [4.78, 5) is 0. The quantitative estimate of drug-likeness (QED) is 0.640. The van der Waals surface area contributed by atoms with Crippen molar-refractivity contribution in [2.24, 2.45) is 0 Å². The van der Waals surface area contributed by atoms with Crippen molar-refractivity contribution in [3.8, 4) is 0 Å². The second-order valence-corrected chi connectivity index (χ2v) is 7.87. The zero-order chi connectivity index (χ0) is 21.9. The Balaban J connectivity index is 1.88. The predicted octanol–water partition coefficient (Wildman–Crippen LogP) is 3.39. The van der Waals surface area contributed by atoms with Gasteiger partial charge in [-0.1, -0.05) is 91.0 Å². The van der Waals surface area contributed by atoms with Gasteiger partial charge in [0.1, 0.15) is 11.7 Å². The van der Waals surface area contributed by atoms with Gasteiger partial charge in [0.25, 0.3) is 0 Å². The molecule has 5 atom stereocenters. The number of hydrogen-bond donors (Lipinski definition) is 2. The summed E-state index contributed by atoms with van der Waals surface area (Å²) < 4.78 is 17.9. The third-order valence-corrected chi connectivity index (χ3v) is 6.05. The van der Waals surface area contributed by atoms with Crippen LogP contribution in [0.15, 0.2) is 91.0 Å². The molecular formula is C26H28O5. The molecule has 0 bridgehead atoms. The lowest BCUT2D eigenvalue weighted by Gasteiger charge is -2.55. The lowest BCUT2D eigenvalue weighted by molar-refractivity contribution is -0.391. The molecule has 2 N–H and O–H groups in total. The molecule has 162 valence electrons. The van der Waals surface area contributed by atoms with Gasteiger partial charge in [-0.25, -0.2) is 0 Å². The van der Waals surface area contributed by atoms with Crippen molar-refractivity contribution in [1.29, 1.82) is 0 Å². The van der Waals surface area contributed by atoms with Gasteiger partial charge in [0.2, 0.25) is 5.79 Å². The molecule has 1 heterocycles. The molecule has 0 saturated carbocycles. The van der Waals surface area contributed by atoms with Gasteiger partial charge in [-0.05, 0) is 11.1 Å². The number of hydrogen-bond acceptors (Lipinski definition) is 5. The smallest absolute Gasteiger partial charge is 0.223 e. The van der Waals surface area contributed by atoms with Crippen LogP contribution in [0, 0.1) is 0 Å². The van der Waals surface area contributed by atoms with Crippen LogP contribution in [0.2, 0.25) is 0 Å². The summed E-state index contributed by atoms with van der Waals surface area (Å²) in [6.45, 7) is 0. The van der Waals surface area contributed by atoms with E-state index in [0.717, 1.165) is 5.56 Å². The third-order valence-electron chi connectivity index (χ3n) is 6.05. The minimum atomic E-state index is -1.89. The van der Waals surface area contributed by atoms with Gasteiger partial charge < -0.3 is 24.4 Å². The van der Waals surface area contributed by atoms with Gasteiger partial charge >= 0.3 is 0 Å². The Morgan fingerprint density at radius 3 is 1.77 bits per heavy atom. The van der Waals surface area contributed by atoms with Crippen molar-refractivity contribution in [1.82, 2.24) is 0 Å². The Morgan fingerprint density at radius 2 is 1.26 bits per heavy atom. The van der Waals surface area contributed by atoms with E-state index in [9.17, 15) is 10.2 Å². The number of ether oxygens (including phenoxy) is 3. The summed E-state index contributed by atoms with van der Waals surface area (Å²) in [6, 6.07) is 28.0. The first kappa shape index (κ1) is 21.7. The first-order valence-electron chi connectivity index (χ1n) is 10.4. The molecule has 0 spiro atoms. The Hall–Kier alpha value is -2.54. The highest BCUT2D eigenvalue weighted by Crippen LogP contribution is 2.49. The van der Waals surface area contributed by atoms with Gasteiger partial charge in [0.15, 0.2) is 6.10 Å². The molecule has 5 nitrogen and oxygen atoms in total. The van der Waals surface area contributed by atoms with Crippen LogP contribution in [0.3, 0.4) is 0 Å². The highest BCUT2D eigenvalue weighted by molar-refractivity contribution is 5.33.